The van der Waals surface area contributed by atoms with Gasteiger partial charge in [0.25, 0.3) is 5.91 Å². The largest absolute Gasteiger partial charge is 0.342 e. The summed E-state index contributed by atoms with van der Waals surface area (Å²) in [6, 6.07) is 9.26. The highest BCUT2D eigenvalue weighted by atomic mass is 16.2. The Morgan fingerprint density at radius 1 is 1.18 bits per heavy atom. The van der Waals surface area contributed by atoms with Gasteiger partial charge in [0.2, 0.25) is 0 Å². The van der Waals surface area contributed by atoms with Crippen LogP contribution in [0.5, 0.6) is 0 Å². The Bertz CT molecular complexity index is 782. The molecule has 4 rings (SSSR count). The molecule has 0 saturated carbocycles. The highest BCUT2D eigenvalue weighted by molar-refractivity contribution is 6.03. The first-order valence-corrected chi connectivity index (χ1v) is 9.89. The molecule has 3 atom stereocenters. The quantitative estimate of drug-likeness (QED) is 0.831. The molecule has 28 heavy (non-hydrogen) atoms. The summed E-state index contributed by atoms with van der Waals surface area (Å²) in [5, 5.41) is 0. The first-order chi connectivity index (χ1) is 13.5. The summed E-state index contributed by atoms with van der Waals surface area (Å²) in [7, 11) is 3.26. The van der Waals surface area contributed by atoms with E-state index in [1.807, 2.05) is 18.2 Å². The number of aliphatic imine (C=N–C) groups is 1. The number of imide groups is 1. The van der Waals surface area contributed by atoms with Crippen LogP contribution in [-0.4, -0.2) is 83.4 Å². The van der Waals surface area contributed by atoms with Crippen molar-refractivity contribution >= 4 is 17.9 Å². The molecule has 2 saturated heterocycles. The molecule has 0 aromatic heterocycles. The third-order valence-electron chi connectivity index (χ3n) is 6.02. The van der Waals surface area contributed by atoms with E-state index in [-0.39, 0.29) is 11.9 Å². The van der Waals surface area contributed by atoms with Crippen LogP contribution in [0.25, 0.3) is 0 Å². The van der Waals surface area contributed by atoms with E-state index in [0.29, 0.717) is 19.0 Å². The average molecular weight is 384 g/mol. The number of benzene rings is 1. The zero-order valence-corrected chi connectivity index (χ0v) is 16.5. The lowest BCUT2D eigenvalue weighted by atomic mass is 9.98. The van der Waals surface area contributed by atoms with Gasteiger partial charge in [-0.25, -0.2) is 9.79 Å². The maximum Gasteiger partial charge on any atom is 0.328 e. The maximum atomic E-state index is 13.0. The Morgan fingerprint density at radius 2 is 1.93 bits per heavy atom. The van der Waals surface area contributed by atoms with Gasteiger partial charge < -0.3 is 20.4 Å². The van der Waals surface area contributed by atoms with Crippen molar-refractivity contribution in [2.24, 2.45) is 16.6 Å². The number of nitrogens with zero attached hydrogens (tertiary/aromatic N) is 5. The second-order valence-corrected chi connectivity index (χ2v) is 7.88. The van der Waals surface area contributed by atoms with Gasteiger partial charge in [-0.15, -0.1) is 0 Å². The van der Waals surface area contributed by atoms with Crippen molar-refractivity contribution < 1.29 is 9.59 Å². The number of fused-ring (bicyclic) bond motifs is 1. The molecule has 3 amide bonds. The van der Waals surface area contributed by atoms with E-state index < -0.39 is 12.2 Å². The summed E-state index contributed by atoms with van der Waals surface area (Å²) in [5.41, 5.74) is 7.04. The molecule has 3 aliphatic heterocycles. The van der Waals surface area contributed by atoms with Gasteiger partial charge in [0.1, 0.15) is 0 Å². The number of guanidine groups is 1. The standard InChI is InChI=1S/C20H28N6O2/c1-23-17-16(18(27)24(2)20(23)28)26(13-14-7-4-3-5-8-14)19(22-17)25-10-6-9-15(11-21)12-25/h3-5,7-8,15-17H,6,9-13,21H2,1-2H3. The smallest absolute Gasteiger partial charge is 0.328 e. The molecule has 3 aliphatic rings. The summed E-state index contributed by atoms with van der Waals surface area (Å²) in [6.45, 7) is 2.95. The van der Waals surface area contributed by atoms with E-state index in [1.54, 1.807) is 19.0 Å². The lowest BCUT2D eigenvalue weighted by Crippen LogP contribution is -2.64. The molecule has 2 N–H and O–H groups in total. The third kappa shape index (κ3) is 3.11. The Hall–Kier alpha value is -2.61. The van der Waals surface area contributed by atoms with Crippen molar-refractivity contribution in [2.45, 2.75) is 31.6 Å². The number of nitrogens with two attached hydrogens (primary N) is 1. The number of hydrogen-bond acceptors (Lipinski definition) is 6. The van der Waals surface area contributed by atoms with Crippen molar-refractivity contribution in [3.63, 3.8) is 0 Å². The number of rotatable bonds is 3. The summed E-state index contributed by atoms with van der Waals surface area (Å²) in [4.78, 5) is 37.4. The third-order valence-corrected chi connectivity index (χ3v) is 6.02. The van der Waals surface area contributed by atoms with Crippen LogP contribution in [0.4, 0.5) is 4.79 Å². The highest BCUT2D eigenvalue weighted by Crippen LogP contribution is 2.31. The first-order valence-electron chi connectivity index (χ1n) is 9.89. The Kier molecular flexibility index (Phi) is 4.97. The predicted octanol–water partition coefficient (Wildman–Crippen LogP) is 0.747. The van der Waals surface area contributed by atoms with Crippen LogP contribution < -0.4 is 5.73 Å². The predicted molar refractivity (Wildman–Crippen MR) is 106 cm³/mol. The van der Waals surface area contributed by atoms with Gasteiger partial charge >= 0.3 is 6.03 Å². The van der Waals surface area contributed by atoms with Gasteiger partial charge in [-0.1, -0.05) is 30.3 Å². The van der Waals surface area contributed by atoms with Gasteiger partial charge in [0.05, 0.1) is 0 Å². The van der Waals surface area contributed by atoms with Crippen LogP contribution in [-0.2, 0) is 11.3 Å². The number of hydrogen-bond donors (Lipinski definition) is 1. The Morgan fingerprint density at radius 3 is 2.64 bits per heavy atom. The number of urea groups is 1. The fourth-order valence-corrected chi connectivity index (χ4v) is 4.40. The molecule has 8 nitrogen and oxygen atoms in total. The summed E-state index contributed by atoms with van der Waals surface area (Å²) in [5.74, 6) is 1.03. The average Bonchev–Trinajstić information content (AvgIpc) is 3.11. The number of carbonyl (C=O) groups excluding carboxylic acids is 2. The number of likely N-dealkylation sites (N-methyl/N-ethyl adjacent to an activating group) is 2. The molecular formula is C20H28N6O2. The van der Waals surface area contributed by atoms with Crippen LogP contribution in [0.2, 0.25) is 0 Å². The van der Waals surface area contributed by atoms with E-state index in [2.05, 4.69) is 21.9 Å². The molecule has 0 bridgehead atoms. The minimum absolute atomic E-state index is 0.199. The van der Waals surface area contributed by atoms with Gasteiger partial charge in [-0.05, 0) is 30.9 Å². The molecule has 2 fully saturated rings. The number of piperidine rings is 1. The molecular weight excluding hydrogens is 356 g/mol. The van der Waals surface area contributed by atoms with E-state index in [4.69, 9.17) is 10.7 Å². The van der Waals surface area contributed by atoms with Crippen molar-refractivity contribution in [3.8, 4) is 0 Å². The fourth-order valence-electron chi connectivity index (χ4n) is 4.40. The van der Waals surface area contributed by atoms with E-state index in [0.717, 1.165) is 37.5 Å². The zero-order chi connectivity index (χ0) is 19.8. The van der Waals surface area contributed by atoms with Crippen LogP contribution in [0.1, 0.15) is 18.4 Å². The molecule has 0 aliphatic carbocycles. The van der Waals surface area contributed by atoms with Crippen LogP contribution in [0, 0.1) is 5.92 Å². The van der Waals surface area contributed by atoms with Crippen LogP contribution >= 0.6 is 0 Å². The van der Waals surface area contributed by atoms with Gasteiger partial charge in [0.15, 0.2) is 18.2 Å². The Balaban J connectivity index is 1.69. The van der Waals surface area contributed by atoms with Gasteiger partial charge in [0, 0.05) is 33.7 Å². The summed E-state index contributed by atoms with van der Waals surface area (Å²) < 4.78 is 0. The number of amides is 3. The molecule has 1 aromatic carbocycles. The summed E-state index contributed by atoms with van der Waals surface area (Å²) in [6.07, 6.45) is 1.68. The van der Waals surface area contributed by atoms with Gasteiger partial charge in [-0.2, -0.15) is 0 Å². The monoisotopic (exact) mass is 384 g/mol. The lowest BCUT2D eigenvalue weighted by Gasteiger charge is -2.41. The topological polar surface area (TPSA) is 85.5 Å². The number of carbonyl (C=O) groups is 2. The van der Waals surface area contributed by atoms with E-state index in [1.165, 1.54) is 4.90 Å². The van der Waals surface area contributed by atoms with Crippen LogP contribution in [0.3, 0.4) is 0 Å². The number of likely N-dealkylation sites (tertiary alicyclic amines) is 1. The van der Waals surface area contributed by atoms with Crippen molar-refractivity contribution in [3.05, 3.63) is 35.9 Å². The van der Waals surface area contributed by atoms with Crippen LogP contribution in [0.15, 0.2) is 35.3 Å². The fraction of sp³-hybridized carbons (Fsp3) is 0.550. The molecule has 0 radical (unpaired) electrons. The molecule has 0 spiro atoms. The highest BCUT2D eigenvalue weighted by Gasteiger charge is 2.52. The summed E-state index contributed by atoms with van der Waals surface area (Å²) >= 11 is 0. The normalized spacial score (nSPS) is 28.0. The zero-order valence-electron chi connectivity index (χ0n) is 16.5. The second-order valence-electron chi connectivity index (χ2n) is 7.88. The van der Waals surface area contributed by atoms with Crippen molar-refractivity contribution in [1.82, 2.24) is 19.6 Å². The minimum Gasteiger partial charge on any atom is -0.342 e. The first kappa shape index (κ1) is 18.7. The maximum absolute atomic E-state index is 13.0. The minimum atomic E-state index is -0.499. The molecule has 1 aromatic rings. The van der Waals surface area contributed by atoms with Crippen molar-refractivity contribution in [2.75, 3.05) is 33.7 Å². The lowest BCUT2D eigenvalue weighted by molar-refractivity contribution is -0.136. The van der Waals surface area contributed by atoms with Gasteiger partial charge in [-0.3, -0.25) is 9.69 Å². The molecule has 3 heterocycles. The SMILES string of the molecule is CN1C(=O)C2C(N=C(N3CCCC(CN)C3)N2Cc2ccccc2)N(C)C1=O. The second kappa shape index (κ2) is 7.43. The van der Waals surface area contributed by atoms with E-state index in [9.17, 15) is 9.59 Å². The Labute approximate surface area is 165 Å². The van der Waals surface area contributed by atoms with Crippen molar-refractivity contribution in [1.29, 1.82) is 0 Å². The molecule has 150 valence electrons. The molecule has 3 unspecified atom stereocenters. The molecule has 8 heteroatoms. The van der Waals surface area contributed by atoms with E-state index >= 15 is 0 Å².